The van der Waals surface area contributed by atoms with Gasteiger partial charge in [0.05, 0.1) is 16.9 Å². The lowest BCUT2D eigenvalue weighted by Gasteiger charge is -2.04. The van der Waals surface area contributed by atoms with Crippen molar-refractivity contribution in [3.05, 3.63) is 64.4 Å². The van der Waals surface area contributed by atoms with Crippen LogP contribution in [0, 0.1) is 12.7 Å². The van der Waals surface area contributed by atoms with Crippen molar-refractivity contribution in [2.45, 2.75) is 6.92 Å². The minimum atomic E-state index is -0.385. The van der Waals surface area contributed by atoms with Gasteiger partial charge < -0.3 is 0 Å². The van der Waals surface area contributed by atoms with E-state index in [-0.39, 0.29) is 5.82 Å². The first-order valence-corrected chi connectivity index (χ1v) is 5.85. The fraction of sp³-hybridized carbons (Fsp3) is 0.0714. The number of anilines is 1. The fourth-order valence-electron chi connectivity index (χ4n) is 1.48. The van der Waals surface area contributed by atoms with Gasteiger partial charge in [0.25, 0.3) is 0 Å². The second-order valence-electron chi connectivity index (χ2n) is 3.83. The summed E-state index contributed by atoms with van der Waals surface area (Å²) in [6, 6.07) is 12.4. The molecule has 0 bridgehead atoms. The van der Waals surface area contributed by atoms with Crippen LogP contribution < -0.4 is 5.43 Å². The molecule has 0 aliphatic heterocycles. The molecular formula is C14H12ClFN2. The first-order chi connectivity index (χ1) is 8.68. The Kier molecular flexibility index (Phi) is 3.95. The molecule has 2 aromatic rings. The quantitative estimate of drug-likeness (QED) is 0.650. The Morgan fingerprint density at radius 3 is 2.61 bits per heavy atom. The Bertz CT molecular complexity index is 568. The van der Waals surface area contributed by atoms with Crippen molar-refractivity contribution in [2.24, 2.45) is 5.10 Å². The number of halogens is 2. The highest BCUT2D eigenvalue weighted by Crippen LogP contribution is 2.21. The highest BCUT2D eigenvalue weighted by atomic mass is 35.5. The van der Waals surface area contributed by atoms with E-state index in [0.29, 0.717) is 10.6 Å². The summed E-state index contributed by atoms with van der Waals surface area (Å²) in [4.78, 5) is 0. The van der Waals surface area contributed by atoms with Gasteiger partial charge in [0.15, 0.2) is 0 Å². The van der Waals surface area contributed by atoms with Gasteiger partial charge in [-0.1, -0.05) is 35.9 Å². The lowest BCUT2D eigenvalue weighted by Crippen LogP contribution is -1.95. The summed E-state index contributed by atoms with van der Waals surface area (Å²) >= 11 is 6.02. The second kappa shape index (κ2) is 5.65. The largest absolute Gasteiger partial charge is 0.279 e. The predicted octanol–water partition coefficient (Wildman–Crippen LogP) is 4.23. The Balaban J connectivity index is 2.17. The average Bonchev–Trinajstić information content (AvgIpc) is 2.39. The number of nitrogens with one attached hydrogen (secondary N) is 1. The van der Waals surface area contributed by atoms with E-state index >= 15 is 0 Å². The van der Waals surface area contributed by atoms with Crippen LogP contribution in [0.15, 0.2) is 47.6 Å². The molecular weight excluding hydrogens is 251 g/mol. The second-order valence-corrected chi connectivity index (χ2v) is 4.21. The van der Waals surface area contributed by atoms with E-state index in [4.69, 9.17) is 11.6 Å². The summed E-state index contributed by atoms with van der Waals surface area (Å²) in [7, 11) is 0. The van der Waals surface area contributed by atoms with Crippen molar-refractivity contribution in [2.75, 3.05) is 5.43 Å². The zero-order valence-corrected chi connectivity index (χ0v) is 10.6. The summed E-state index contributed by atoms with van der Waals surface area (Å²) in [5, 5.41) is 4.36. The van der Waals surface area contributed by atoms with E-state index in [1.165, 1.54) is 12.3 Å². The Labute approximate surface area is 110 Å². The Morgan fingerprint density at radius 2 is 1.89 bits per heavy atom. The normalized spacial score (nSPS) is 10.8. The van der Waals surface area contributed by atoms with E-state index < -0.39 is 0 Å². The van der Waals surface area contributed by atoms with Crippen molar-refractivity contribution in [1.82, 2.24) is 0 Å². The van der Waals surface area contributed by atoms with Crippen molar-refractivity contribution >= 4 is 23.5 Å². The summed E-state index contributed by atoms with van der Waals surface area (Å²) in [5.41, 5.74) is 4.75. The summed E-state index contributed by atoms with van der Waals surface area (Å²) in [5.74, 6) is -0.385. The van der Waals surface area contributed by atoms with E-state index in [9.17, 15) is 4.39 Å². The molecule has 0 unspecified atom stereocenters. The van der Waals surface area contributed by atoms with Crippen LogP contribution in [0.2, 0.25) is 5.02 Å². The number of hydrogen-bond acceptors (Lipinski definition) is 2. The van der Waals surface area contributed by atoms with Gasteiger partial charge in [0, 0.05) is 5.56 Å². The first-order valence-electron chi connectivity index (χ1n) is 5.47. The maximum absolute atomic E-state index is 13.6. The van der Waals surface area contributed by atoms with Gasteiger partial charge in [-0.25, -0.2) is 4.39 Å². The molecule has 0 aromatic heterocycles. The molecule has 92 valence electrons. The van der Waals surface area contributed by atoms with E-state index in [1.807, 2.05) is 37.3 Å². The van der Waals surface area contributed by atoms with E-state index in [2.05, 4.69) is 10.5 Å². The Morgan fingerprint density at radius 1 is 1.17 bits per heavy atom. The van der Waals surface area contributed by atoms with Gasteiger partial charge in [-0.15, -0.1) is 0 Å². The fourth-order valence-corrected chi connectivity index (χ4v) is 1.68. The molecule has 0 saturated carbocycles. The van der Waals surface area contributed by atoms with Crippen molar-refractivity contribution in [3.63, 3.8) is 0 Å². The van der Waals surface area contributed by atoms with Gasteiger partial charge in [-0.3, -0.25) is 5.43 Å². The van der Waals surface area contributed by atoms with Crippen LogP contribution in [0.1, 0.15) is 11.1 Å². The van der Waals surface area contributed by atoms with Gasteiger partial charge in [0.2, 0.25) is 0 Å². The topological polar surface area (TPSA) is 24.4 Å². The summed E-state index contributed by atoms with van der Waals surface area (Å²) < 4.78 is 13.6. The number of para-hydroxylation sites is 1. The molecule has 2 aromatic carbocycles. The number of aryl methyl sites for hydroxylation is 1. The minimum Gasteiger partial charge on any atom is -0.279 e. The van der Waals surface area contributed by atoms with Crippen LogP contribution in [-0.2, 0) is 0 Å². The molecule has 2 rings (SSSR count). The van der Waals surface area contributed by atoms with Crippen LogP contribution in [0.4, 0.5) is 10.1 Å². The maximum atomic E-state index is 13.6. The Hall–Kier alpha value is -1.87. The zero-order valence-electron chi connectivity index (χ0n) is 9.82. The van der Waals surface area contributed by atoms with E-state index in [0.717, 1.165) is 11.3 Å². The molecule has 18 heavy (non-hydrogen) atoms. The monoisotopic (exact) mass is 262 g/mol. The number of rotatable bonds is 3. The molecule has 0 atom stereocenters. The highest BCUT2D eigenvalue weighted by Gasteiger charge is 2.06. The maximum Gasteiger partial charge on any atom is 0.133 e. The van der Waals surface area contributed by atoms with Gasteiger partial charge in [0.1, 0.15) is 5.82 Å². The third-order valence-corrected chi connectivity index (χ3v) is 2.98. The molecule has 0 radical (unpaired) electrons. The molecule has 0 heterocycles. The predicted molar refractivity (Wildman–Crippen MR) is 73.8 cm³/mol. The summed E-state index contributed by atoms with van der Waals surface area (Å²) in [6.45, 7) is 1.82. The van der Waals surface area contributed by atoms with Gasteiger partial charge in [-0.05, 0) is 30.7 Å². The van der Waals surface area contributed by atoms with Crippen LogP contribution in [-0.4, -0.2) is 6.21 Å². The van der Waals surface area contributed by atoms with Crippen LogP contribution in [0.5, 0.6) is 0 Å². The van der Waals surface area contributed by atoms with E-state index in [1.54, 1.807) is 6.07 Å². The SMILES string of the molecule is Cc1ccc(F)c(C=NNc2ccccc2)c1Cl. The number of hydrazone groups is 1. The molecule has 4 heteroatoms. The van der Waals surface area contributed by atoms with Crippen molar-refractivity contribution in [3.8, 4) is 0 Å². The van der Waals surface area contributed by atoms with Crippen LogP contribution in [0.25, 0.3) is 0 Å². The highest BCUT2D eigenvalue weighted by molar-refractivity contribution is 6.33. The third-order valence-electron chi connectivity index (χ3n) is 2.48. The first kappa shape index (κ1) is 12.6. The smallest absolute Gasteiger partial charge is 0.133 e. The third kappa shape index (κ3) is 2.87. The molecule has 1 N–H and O–H groups in total. The van der Waals surface area contributed by atoms with Crippen molar-refractivity contribution in [1.29, 1.82) is 0 Å². The molecule has 0 amide bonds. The average molecular weight is 263 g/mol. The lowest BCUT2D eigenvalue weighted by atomic mass is 10.1. The zero-order chi connectivity index (χ0) is 13.0. The standard InChI is InChI=1S/C14H12ClFN2/c1-10-7-8-13(16)12(14(10)15)9-17-18-11-5-3-2-4-6-11/h2-9,18H,1H3. The van der Waals surface area contributed by atoms with Crippen LogP contribution in [0.3, 0.4) is 0 Å². The molecule has 0 aliphatic rings. The van der Waals surface area contributed by atoms with Crippen LogP contribution >= 0.6 is 11.6 Å². The van der Waals surface area contributed by atoms with Gasteiger partial charge >= 0.3 is 0 Å². The minimum absolute atomic E-state index is 0.292. The molecule has 0 aliphatic carbocycles. The molecule has 0 fully saturated rings. The lowest BCUT2D eigenvalue weighted by molar-refractivity contribution is 0.625. The number of benzene rings is 2. The van der Waals surface area contributed by atoms with Crippen molar-refractivity contribution < 1.29 is 4.39 Å². The number of hydrogen-bond donors (Lipinski definition) is 1. The molecule has 2 nitrogen and oxygen atoms in total. The molecule has 0 saturated heterocycles. The molecule has 0 spiro atoms. The summed E-state index contributed by atoms with van der Waals surface area (Å²) in [6.07, 6.45) is 1.39. The number of nitrogens with zero attached hydrogens (tertiary/aromatic N) is 1. The van der Waals surface area contributed by atoms with Gasteiger partial charge in [-0.2, -0.15) is 5.10 Å².